The Hall–Kier alpha value is -2.23. The first-order valence-corrected chi connectivity index (χ1v) is 10.2. The van der Waals surface area contributed by atoms with E-state index in [4.69, 9.17) is 11.6 Å². The van der Waals surface area contributed by atoms with Crippen LogP contribution in [0.5, 0.6) is 0 Å². The van der Waals surface area contributed by atoms with Gasteiger partial charge in [-0.25, -0.2) is 0 Å². The molecule has 1 aliphatic heterocycles. The van der Waals surface area contributed by atoms with Crippen LogP contribution in [0.4, 0.5) is 5.69 Å². The summed E-state index contributed by atoms with van der Waals surface area (Å²) >= 11 is 7.90. The maximum absolute atomic E-state index is 13.3. The van der Waals surface area contributed by atoms with Gasteiger partial charge in [-0.15, -0.1) is 11.8 Å². The Morgan fingerprint density at radius 1 is 0.963 bits per heavy atom. The highest BCUT2D eigenvalue weighted by Crippen LogP contribution is 2.46. The van der Waals surface area contributed by atoms with Crippen LogP contribution in [-0.2, 0) is 4.79 Å². The lowest BCUT2D eigenvalue weighted by atomic mass is 9.83. The Kier molecular flexibility index (Phi) is 4.98. The average molecular weight is 394 g/mol. The van der Waals surface area contributed by atoms with Crippen LogP contribution in [0.3, 0.4) is 0 Å². The monoisotopic (exact) mass is 393 g/mol. The summed E-state index contributed by atoms with van der Waals surface area (Å²) < 4.78 is 0. The first kappa shape index (κ1) is 18.1. The number of thioether (sulfide) groups is 1. The van der Waals surface area contributed by atoms with Crippen molar-refractivity contribution in [2.24, 2.45) is 0 Å². The number of fused-ring (bicyclic) bond motifs is 1. The molecule has 0 bridgehead atoms. The fraction of sp³-hybridized carbons (Fsp3) is 0.174. The van der Waals surface area contributed by atoms with Crippen LogP contribution in [0.2, 0.25) is 5.02 Å². The molecule has 0 unspecified atom stereocenters. The molecule has 3 aromatic carbocycles. The Morgan fingerprint density at radius 2 is 1.70 bits per heavy atom. The van der Waals surface area contributed by atoms with Crippen LogP contribution in [0.25, 0.3) is 0 Å². The summed E-state index contributed by atoms with van der Waals surface area (Å²) in [7, 11) is 1.86. The summed E-state index contributed by atoms with van der Waals surface area (Å²) in [6, 6.07) is 24.4. The van der Waals surface area contributed by atoms with Gasteiger partial charge >= 0.3 is 0 Å². The highest BCUT2D eigenvalue weighted by Gasteiger charge is 2.40. The van der Waals surface area contributed by atoms with E-state index in [1.54, 1.807) is 16.7 Å². The van der Waals surface area contributed by atoms with Gasteiger partial charge in [0.15, 0.2) is 0 Å². The zero-order valence-corrected chi connectivity index (χ0v) is 16.8. The second kappa shape index (κ2) is 7.41. The van der Waals surface area contributed by atoms with Crippen molar-refractivity contribution in [1.29, 1.82) is 0 Å². The van der Waals surface area contributed by atoms with Gasteiger partial charge in [0.25, 0.3) is 0 Å². The normalized spacial score (nSPS) is 19.1. The van der Waals surface area contributed by atoms with Gasteiger partial charge in [-0.1, -0.05) is 59.6 Å². The summed E-state index contributed by atoms with van der Waals surface area (Å²) in [5, 5.41) is 0.446. The predicted molar refractivity (Wildman–Crippen MR) is 114 cm³/mol. The molecule has 27 heavy (non-hydrogen) atoms. The molecular formula is C23H20ClNOS. The lowest BCUT2D eigenvalue weighted by Gasteiger charge is -2.37. The molecule has 0 radical (unpaired) electrons. The Labute approximate surface area is 169 Å². The van der Waals surface area contributed by atoms with Crippen molar-refractivity contribution in [2.75, 3.05) is 11.9 Å². The molecule has 0 N–H and O–H groups in total. The molecule has 2 nitrogen and oxygen atoms in total. The first-order valence-electron chi connectivity index (χ1n) is 8.90. The van der Waals surface area contributed by atoms with Gasteiger partial charge in [0.05, 0.1) is 5.25 Å². The molecule has 4 rings (SSSR count). The Balaban J connectivity index is 1.83. The molecule has 2 atom stereocenters. The topological polar surface area (TPSA) is 20.3 Å². The van der Waals surface area contributed by atoms with Crippen molar-refractivity contribution in [2.45, 2.75) is 23.0 Å². The number of hydrogen-bond acceptors (Lipinski definition) is 2. The number of para-hydroxylation sites is 1. The quantitative estimate of drug-likeness (QED) is 0.550. The molecule has 4 heteroatoms. The number of nitrogens with zero attached hydrogens (tertiary/aromatic N) is 1. The number of carbonyl (C=O) groups is 1. The Bertz CT molecular complexity index is 986. The molecule has 0 saturated heterocycles. The molecule has 0 aliphatic carbocycles. The average Bonchev–Trinajstić information content (AvgIpc) is 2.68. The molecule has 0 fully saturated rings. The molecular weight excluding hydrogens is 374 g/mol. The van der Waals surface area contributed by atoms with Gasteiger partial charge in [0, 0.05) is 28.6 Å². The van der Waals surface area contributed by atoms with Crippen molar-refractivity contribution in [3.8, 4) is 0 Å². The molecule has 1 amide bonds. The standard InChI is InChI=1S/C23H20ClNOS/c1-15-10-12-18(13-11-15)27-22-21(16-6-5-7-17(24)14-16)19-8-3-4-9-20(19)25(2)23(22)26/h3-14,21-22H,1-2H3/t21-,22-/m0/s1. The zero-order chi connectivity index (χ0) is 19.0. The number of carbonyl (C=O) groups excluding carboxylic acids is 1. The van der Waals surface area contributed by atoms with Crippen LogP contribution in [0, 0.1) is 6.92 Å². The van der Waals surface area contributed by atoms with Crippen LogP contribution < -0.4 is 4.90 Å². The van der Waals surface area contributed by atoms with Crippen LogP contribution in [-0.4, -0.2) is 18.2 Å². The second-order valence-electron chi connectivity index (χ2n) is 6.84. The van der Waals surface area contributed by atoms with E-state index in [1.165, 1.54) is 5.56 Å². The molecule has 0 aromatic heterocycles. The summed E-state index contributed by atoms with van der Waals surface area (Å²) in [4.78, 5) is 16.2. The summed E-state index contributed by atoms with van der Waals surface area (Å²) in [6.45, 7) is 2.07. The predicted octanol–water partition coefficient (Wildman–Crippen LogP) is 5.92. The highest BCUT2D eigenvalue weighted by atomic mass is 35.5. The van der Waals surface area contributed by atoms with Gasteiger partial charge in [-0.2, -0.15) is 0 Å². The van der Waals surface area contributed by atoms with Crippen LogP contribution >= 0.6 is 23.4 Å². The number of hydrogen-bond donors (Lipinski definition) is 0. The van der Waals surface area contributed by atoms with Crippen LogP contribution in [0.1, 0.15) is 22.6 Å². The van der Waals surface area contributed by atoms with E-state index in [1.807, 2.05) is 43.4 Å². The number of benzene rings is 3. The van der Waals surface area contributed by atoms with Crippen molar-refractivity contribution < 1.29 is 4.79 Å². The summed E-state index contributed by atoms with van der Waals surface area (Å²) in [5.74, 6) is 0.0687. The minimum absolute atomic E-state index is 0.0464. The smallest absolute Gasteiger partial charge is 0.241 e. The third kappa shape index (κ3) is 3.50. The van der Waals surface area contributed by atoms with E-state index in [0.717, 1.165) is 21.7 Å². The number of rotatable bonds is 3. The lowest BCUT2D eigenvalue weighted by molar-refractivity contribution is -0.118. The van der Waals surface area contributed by atoms with Gasteiger partial charge in [-0.3, -0.25) is 4.79 Å². The van der Waals surface area contributed by atoms with Crippen LogP contribution in [0.15, 0.2) is 77.7 Å². The molecule has 136 valence electrons. The third-order valence-electron chi connectivity index (χ3n) is 5.00. The van der Waals surface area contributed by atoms with Crippen molar-refractivity contribution in [1.82, 2.24) is 0 Å². The van der Waals surface area contributed by atoms with Gasteiger partial charge in [0.2, 0.25) is 5.91 Å². The van der Waals surface area contributed by atoms with E-state index in [0.29, 0.717) is 5.02 Å². The molecule has 3 aromatic rings. The SMILES string of the molecule is Cc1ccc(S[C@@H]2C(=O)N(C)c3ccccc3[C@@H]2c2cccc(Cl)c2)cc1. The molecule has 1 aliphatic rings. The fourth-order valence-corrected chi connectivity index (χ4v) is 5.09. The number of aryl methyl sites for hydroxylation is 1. The maximum atomic E-state index is 13.3. The summed E-state index contributed by atoms with van der Waals surface area (Å²) in [5.41, 5.74) is 4.41. The minimum Gasteiger partial charge on any atom is -0.314 e. The summed E-state index contributed by atoms with van der Waals surface area (Å²) in [6.07, 6.45) is 0. The third-order valence-corrected chi connectivity index (χ3v) is 6.51. The first-order chi connectivity index (χ1) is 13.0. The second-order valence-corrected chi connectivity index (χ2v) is 8.49. The van der Waals surface area contributed by atoms with E-state index in [2.05, 4.69) is 43.3 Å². The minimum atomic E-state index is -0.244. The van der Waals surface area contributed by atoms with E-state index in [9.17, 15) is 4.79 Å². The zero-order valence-electron chi connectivity index (χ0n) is 15.2. The molecule has 0 spiro atoms. The van der Waals surface area contributed by atoms with E-state index < -0.39 is 0 Å². The van der Waals surface area contributed by atoms with Gasteiger partial charge in [-0.05, 0) is 48.4 Å². The number of halogens is 1. The van der Waals surface area contributed by atoms with Gasteiger partial charge in [0.1, 0.15) is 0 Å². The highest BCUT2D eigenvalue weighted by molar-refractivity contribution is 8.00. The maximum Gasteiger partial charge on any atom is 0.241 e. The fourth-order valence-electron chi connectivity index (χ4n) is 3.61. The number of anilines is 1. The number of amides is 1. The van der Waals surface area contributed by atoms with Crippen molar-refractivity contribution in [3.05, 3.63) is 94.5 Å². The van der Waals surface area contributed by atoms with E-state index >= 15 is 0 Å². The van der Waals surface area contributed by atoms with E-state index in [-0.39, 0.29) is 17.1 Å². The molecule has 0 saturated carbocycles. The molecule has 1 heterocycles. The lowest BCUT2D eigenvalue weighted by Crippen LogP contribution is -2.43. The van der Waals surface area contributed by atoms with Crippen molar-refractivity contribution in [3.63, 3.8) is 0 Å². The largest absolute Gasteiger partial charge is 0.314 e. The van der Waals surface area contributed by atoms with Gasteiger partial charge < -0.3 is 4.90 Å². The van der Waals surface area contributed by atoms with Crippen molar-refractivity contribution >= 4 is 35.0 Å². The Morgan fingerprint density at radius 3 is 2.44 bits per heavy atom.